The van der Waals surface area contributed by atoms with E-state index >= 15 is 0 Å². The zero-order chi connectivity index (χ0) is 23.7. The van der Waals surface area contributed by atoms with Crippen molar-refractivity contribution in [2.45, 2.75) is 39.7 Å². The van der Waals surface area contributed by atoms with Crippen LogP contribution in [0.15, 0.2) is 52.4 Å². The van der Waals surface area contributed by atoms with Crippen LogP contribution in [-0.4, -0.2) is 26.8 Å². The van der Waals surface area contributed by atoms with E-state index in [0.29, 0.717) is 42.5 Å². The highest BCUT2D eigenvalue weighted by atomic mass is 32.1. The smallest absolute Gasteiger partial charge is 0.295 e. The average Bonchev–Trinajstić information content (AvgIpc) is 3.47. The lowest BCUT2D eigenvalue weighted by atomic mass is 9.97. The van der Waals surface area contributed by atoms with Crippen molar-refractivity contribution < 1.29 is 14.0 Å². The Bertz CT molecular complexity index is 1360. The molecule has 0 radical (unpaired) electrons. The van der Waals surface area contributed by atoms with Crippen molar-refractivity contribution in [3.05, 3.63) is 76.6 Å². The summed E-state index contributed by atoms with van der Waals surface area (Å²) in [4.78, 5) is 40.2. The predicted octanol–water partition coefficient (Wildman–Crippen LogP) is 4.80. The SMILES string of the molecule is CCc1nc(C)c(C(=O)Nc2nc(-c3ccc4c(c3)CCC(=O)N4Cc3ccccn3)cs2)o1. The van der Waals surface area contributed by atoms with E-state index in [2.05, 4.69) is 26.3 Å². The molecule has 4 aromatic rings. The molecule has 0 unspecified atom stereocenters. The topological polar surface area (TPSA) is 101 Å². The molecule has 34 heavy (non-hydrogen) atoms. The van der Waals surface area contributed by atoms with Crippen molar-refractivity contribution in [2.24, 2.45) is 0 Å². The summed E-state index contributed by atoms with van der Waals surface area (Å²) in [7, 11) is 0. The van der Waals surface area contributed by atoms with Crippen LogP contribution in [0, 0.1) is 6.92 Å². The van der Waals surface area contributed by atoms with Gasteiger partial charge < -0.3 is 9.32 Å². The number of hydrogen-bond donors (Lipinski definition) is 1. The van der Waals surface area contributed by atoms with E-state index in [4.69, 9.17) is 4.42 Å². The Hall–Kier alpha value is -3.85. The van der Waals surface area contributed by atoms with Crippen molar-refractivity contribution >= 4 is 34.0 Å². The van der Waals surface area contributed by atoms with Crippen LogP contribution in [0.2, 0.25) is 0 Å². The zero-order valence-corrected chi connectivity index (χ0v) is 19.7. The number of rotatable bonds is 6. The van der Waals surface area contributed by atoms with Gasteiger partial charge in [0.15, 0.2) is 11.0 Å². The second-order valence-corrected chi connectivity index (χ2v) is 8.87. The second kappa shape index (κ2) is 9.18. The van der Waals surface area contributed by atoms with Gasteiger partial charge in [0.25, 0.3) is 5.91 Å². The van der Waals surface area contributed by atoms with Gasteiger partial charge in [0, 0.05) is 35.7 Å². The van der Waals surface area contributed by atoms with Gasteiger partial charge in [0.1, 0.15) is 0 Å². The second-order valence-electron chi connectivity index (χ2n) is 8.01. The number of hydrogen-bond acceptors (Lipinski definition) is 7. The number of nitrogens with one attached hydrogen (secondary N) is 1. The maximum absolute atomic E-state index is 12.6. The third-order valence-corrected chi connectivity index (χ3v) is 6.45. The van der Waals surface area contributed by atoms with Gasteiger partial charge in [0.2, 0.25) is 11.7 Å². The molecule has 0 aliphatic carbocycles. The first-order valence-corrected chi connectivity index (χ1v) is 12.0. The van der Waals surface area contributed by atoms with Crippen LogP contribution in [0.1, 0.15) is 46.7 Å². The van der Waals surface area contributed by atoms with Crippen LogP contribution in [0.25, 0.3) is 11.3 Å². The van der Waals surface area contributed by atoms with Crippen molar-refractivity contribution in [3.63, 3.8) is 0 Å². The standard InChI is InChI=1S/C25H23N5O3S/c1-3-21-27-15(2)23(33-21)24(32)29-25-28-19(14-34-25)16-7-9-20-17(12-16)8-10-22(31)30(20)13-18-6-4-5-11-26-18/h4-7,9,11-12,14H,3,8,10,13H2,1-2H3,(H,28,29,32). The number of aromatic nitrogens is 3. The Balaban J connectivity index is 1.35. The maximum atomic E-state index is 12.6. The quantitative estimate of drug-likeness (QED) is 0.432. The van der Waals surface area contributed by atoms with E-state index in [-0.39, 0.29) is 17.6 Å². The van der Waals surface area contributed by atoms with Crippen molar-refractivity contribution in [1.29, 1.82) is 0 Å². The largest absolute Gasteiger partial charge is 0.435 e. The number of anilines is 2. The molecule has 5 rings (SSSR count). The number of benzene rings is 1. The molecule has 0 fully saturated rings. The van der Waals surface area contributed by atoms with Crippen LogP contribution >= 0.6 is 11.3 Å². The molecule has 172 valence electrons. The minimum atomic E-state index is -0.361. The number of pyridine rings is 1. The van der Waals surface area contributed by atoms with Gasteiger partial charge in [-0.2, -0.15) is 0 Å². The molecule has 3 aromatic heterocycles. The summed E-state index contributed by atoms with van der Waals surface area (Å²) in [5.74, 6) is 0.477. The van der Waals surface area contributed by atoms with E-state index < -0.39 is 0 Å². The summed E-state index contributed by atoms with van der Waals surface area (Å²) in [6.07, 6.45) is 3.49. The zero-order valence-electron chi connectivity index (χ0n) is 18.9. The van der Waals surface area contributed by atoms with Gasteiger partial charge >= 0.3 is 0 Å². The van der Waals surface area contributed by atoms with Crippen LogP contribution < -0.4 is 10.2 Å². The van der Waals surface area contributed by atoms with E-state index in [1.807, 2.05) is 42.6 Å². The minimum absolute atomic E-state index is 0.0958. The number of aryl methyl sites for hydroxylation is 3. The summed E-state index contributed by atoms with van der Waals surface area (Å²) in [6.45, 7) is 4.12. The third kappa shape index (κ3) is 4.34. The molecule has 4 heterocycles. The number of carbonyl (C=O) groups is 2. The number of nitrogens with zero attached hydrogens (tertiary/aromatic N) is 4. The van der Waals surface area contributed by atoms with Crippen molar-refractivity contribution in [2.75, 3.05) is 10.2 Å². The lowest BCUT2D eigenvalue weighted by molar-refractivity contribution is -0.119. The molecule has 0 spiro atoms. The van der Waals surface area contributed by atoms with Gasteiger partial charge in [-0.1, -0.05) is 19.1 Å². The fraction of sp³-hybridized carbons (Fsp3) is 0.240. The van der Waals surface area contributed by atoms with Crippen LogP contribution in [0.5, 0.6) is 0 Å². The Labute approximate surface area is 200 Å². The molecule has 1 N–H and O–H groups in total. The normalized spacial score (nSPS) is 13.1. The lowest BCUT2D eigenvalue weighted by Gasteiger charge is -2.29. The van der Waals surface area contributed by atoms with Gasteiger partial charge in [-0.3, -0.25) is 19.9 Å². The molecule has 2 amide bonds. The summed E-state index contributed by atoms with van der Waals surface area (Å²) >= 11 is 1.35. The molecule has 0 saturated heterocycles. The molecule has 9 heteroatoms. The molecule has 0 bridgehead atoms. The number of oxazole rings is 1. The fourth-order valence-corrected chi connectivity index (χ4v) is 4.69. The Morgan fingerprint density at radius 3 is 2.85 bits per heavy atom. The Morgan fingerprint density at radius 2 is 2.09 bits per heavy atom. The minimum Gasteiger partial charge on any atom is -0.435 e. The van der Waals surface area contributed by atoms with E-state index in [1.165, 1.54) is 11.3 Å². The van der Waals surface area contributed by atoms with E-state index in [1.54, 1.807) is 18.0 Å². The highest BCUT2D eigenvalue weighted by Crippen LogP contribution is 2.34. The number of carbonyl (C=O) groups excluding carboxylic acids is 2. The molecule has 0 atom stereocenters. The van der Waals surface area contributed by atoms with Crippen LogP contribution in [-0.2, 0) is 24.2 Å². The maximum Gasteiger partial charge on any atom is 0.295 e. The van der Waals surface area contributed by atoms with E-state index in [0.717, 1.165) is 28.2 Å². The summed E-state index contributed by atoms with van der Waals surface area (Å²) < 4.78 is 5.53. The van der Waals surface area contributed by atoms with Gasteiger partial charge in [-0.15, -0.1) is 11.3 Å². The first-order valence-electron chi connectivity index (χ1n) is 11.1. The molecule has 1 aliphatic rings. The molecular formula is C25H23N5O3S. The predicted molar refractivity (Wildman–Crippen MR) is 130 cm³/mol. The molecule has 1 aliphatic heterocycles. The average molecular weight is 474 g/mol. The summed E-state index contributed by atoms with van der Waals surface area (Å²) in [5, 5.41) is 5.19. The van der Waals surface area contributed by atoms with Crippen LogP contribution in [0.3, 0.4) is 0 Å². The number of fused-ring (bicyclic) bond motifs is 1. The third-order valence-electron chi connectivity index (χ3n) is 5.70. The highest BCUT2D eigenvalue weighted by molar-refractivity contribution is 7.14. The molecular weight excluding hydrogens is 450 g/mol. The molecule has 1 aromatic carbocycles. The Morgan fingerprint density at radius 1 is 1.21 bits per heavy atom. The molecule has 8 nitrogen and oxygen atoms in total. The monoisotopic (exact) mass is 473 g/mol. The Kier molecular flexibility index (Phi) is 5.93. The van der Waals surface area contributed by atoms with Gasteiger partial charge in [-0.25, -0.2) is 9.97 Å². The first kappa shape index (κ1) is 22.0. The summed E-state index contributed by atoms with van der Waals surface area (Å²) in [5.41, 5.74) is 5.11. The van der Waals surface area contributed by atoms with Crippen molar-refractivity contribution in [3.8, 4) is 11.3 Å². The number of thiazole rings is 1. The first-order chi connectivity index (χ1) is 16.5. The highest BCUT2D eigenvalue weighted by Gasteiger charge is 2.25. The van der Waals surface area contributed by atoms with Gasteiger partial charge in [0.05, 0.1) is 23.6 Å². The lowest BCUT2D eigenvalue weighted by Crippen LogP contribution is -2.34. The fourth-order valence-electron chi connectivity index (χ4n) is 3.98. The van der Waals surface area contributed by atoms with Gasteiger partial charge in [-0.05, 0) is 43.2 Å². The summed E-state index contributed by atoms with van der Waals surface area (Å²) in [6, 6.07) is 11.7. The van der Waals surface area contributed by atoms with Crippen molar-refractivity contribution in [1.82, 2.24) is 15.0 Å². The van der Waals surface area contributed by atoms with Crippen LogP contribution in [0.4, 0.5) is 10.8 Å². The molecule has 0 saturated carbocycles. The van der Waals surface area contributed by atoms with E-state index in [9.17, 15) is 9.59 Å². The number of amides is 2.